The number of carboxylic acid groups (broad SMARTS) is 1. The fourth-order valence-corrected chi connectivity index (χ4v) is 2.88. The molecule has 2 heteroatoms. The Hall–Kier alpha value is -0.790. The maximum Gasteiger partial charge on any atom is 0.303 e. The molecule has 1 N–H and O–H groups in total. The van der Waals surface area contributed by atoms with Gasteiger partial charge in [0.25, 0.3) is 0 Å². The molecular weight excluding hydrogens is 284 g/mol. The summed E-state index contributed by atoms with van der Waals surface area (Å²) >= 11 is 0. The normalized spacial score (nSPS) is 11.3. The second kappa shape index (κ2) is 19.3. The first-order chi connectivity index (χ1) is 11.3. The zero-order chi connectivity index (χ0) is 17.0. The van der Waals surface area contributed by atoms with Crippen LogP contribution in [-0.2, 0) is 4.79 Å². The molecule has 0 aromatic rings. The third-order valence-corrected chi connectivity index (χ3v) is 4.40. The van der Waals surface area contributed by atoms with Crippen molar-refractivity contribution in [3.63, 3.8) is 0 Å². The van der Waals surface area contributed by atoms with Crippen molar-refractivity contribution in [3.05, 3.63) is 12.2 Å². The van der Waals surface area contributed by atoms with Crippen LogP contribution in [0.15, 0.2) is 12.2 Å². The number of hydrogen-bond acceptors (Lipinski definition) is 1. The second-order valence-electron chi connectivity index (χ2n) is 6.79. The van der Waals surface area contributed by atoms with E-state index in [-0.39, 0.29) is 0 Å². The quantitative estimate of drug-likeness (QED) is 0.212. The first-order valence-electron chi connectivity index (χ1n) is 10.1. The van der Waals surface area contributed by atoms with Crippen LogP contribution in [0.5, 0.6) is 0 Å². The number of unbranched alkanes of at least 4 members (excludes halogenated alkanes) is 14. The fraction of sp³-hybridized carbons (Fsp3) is 0.857. The van der Waals surface area contributed by atoms with E-state index < -0.39 is 5.97 Å². The molecule has 2 nitrogen and oxygen atoms in total. The minimum absolute atomic E-state index is 0.337. The summed E-state index contributed by atoms with van der Waals surface area (Å²) in [7, 11) is 0. The molecule has 0 aliphatic carbocycles. The van der Waals surface area contributed by atoms with Crippen molar-refractivity contribution < 1.29 is 9.90 Å². The minimum atomic E-state index is -0.659. The predicted octanol–water partition coefficient (Wildman–Crippen LogP) is 7.28. The summed E-state index contributed by atoms with van der Waals surface area (Å²) in [6, 6.07) is 0. The first kappa shape index (κ1) is 22.2. The molecule has 0 aliphatic rings. The van der Waals surface area contributed by atoms with E-state index in [9.17, 15) is 4.79 Å². The molecule has 23 heavy (non-hydrogen) atoms. The highest BCUT2D eigenvalue weighted by Gasteiger charge is 1.96. The summed E-state index contributed by atoms with van der Waals surface area (Å²) in [6.07, 6.45) is 25.6. The lowest BCUT2D eigenvalue weighted by molar-refractivity contribution is -0.137. The Morgan fingerprint density at radius 2 is 1.04 bits per heavy atom. The summed E-state index contributed by atoms with van der Waals surface area (Å²) in [4.78, 5) is 10.4. The van der Waals surface area contributed by atoms with Gasteiger partial charge in [0.15, 0.2) is 0 Å². The Morgan fingerprint density at radius 1 is 0.652 bits per heavy atom. The van der Waals surface area contributed by atoms with Crippen LogP contribution >= 0.6 is 0 Å². The van der Waals surface area contributed by atoms with Crippen LogP contribution in [-0.4, -0.2) is 11.1 Å². The Labute approximate surface area is 144 Å². The van der Waals surface area contributed by atoms with Crippen LogP contribution in [0, 0.1) is 0 Å². The van der Waals surface area contributed by atoms with Crippen molar-refractivity contribution >= 4 is 5.97 Å². The lowest BCUT2D eigenvalue weighted by atomic mass is 10.1. The van der Waals surface area contributed by atoms with Crippen molar-refractivity contribution in [2.75, 3.05) is 0 Å². The Morgan fingerprint density at radius 3 is 1.48 bits per heavy atom. The topological polar surface area (TPSA) is 37.3 Å². The first-order valence-corrected chi connectivity index (χ1v) is 10.1. The van der Waals surface area contributed by atoms with Gasteiger partial charge in [0, 0.05) is 6.42 Å². The molecule has 0 aromatic carbocycles. The van der Waals surface area contributed by atoms with Crippen molar-refractivity contribution in [1.82, 2.24) is 0 Å². The highest BCUT2D eigenvalue weighted by atomic mass is 16.4. The zero-order valence-corrected chi connectivity index (χ0v) is 15.5. The monoisotopic (exact) mass is 324 g/mol. The molecule has 0 bridgehead atoms. The number of aliphatic carboxylic acids is 1. The molecule has 0 rings (SSSR count). The molecule has 0 saturated carbocycles. The molecule has 0 heterocycles. The van der Waals surface area contributed by atoms with Gasteiger partial charge in [-0.15, -0.1) is 0 Å². The van der Waals surface area contributed by atoms with E-state index in [1.54, 1.807) is 0 Å². The average Bonchev–Trinajstić information content (AvgIpc) is 2.53. The third-order valence-electron chi connectivity index (χ3n) is 4.40. The van der Waals surface area contributed by atoms with Gasteiger partial charge in [-0.05, 0) is 32.1 Å². The highest BCUT2D eigenvalue weighted by molar-refractivity contribution is 5.66. The van der Waals surface area contributed by atoms with E-state index in [0.717, 1.165) is 12.8 Å². The van der Waals surface area contributed by atoms with Gasteiger partial charge in [-0.3, -0.25) is 4.79 Å². The molecule has 0 aromatic heterocycles. The lowest BCUT2D eigenvalue weighted by Gasteiger charge is -2.00. The standard InChI is InChI=1S/C21H40O2/c1-2-3-4-5-6-7-8-9-10-11-12-13-14-15-16-17-18-19-20-21(22)23/h10-11H,2-9,12-20H2,1H3,(H,22,23)/b11-10-. The van der Waals surface area contributed by atoms with Crippen LogP contribution in [0.4, 0.5) is 0 Å². The van der Waals surface area contributed by atoms with E-state index >= 15 is 0 Å². The van der Waals surface area contributed by atoms with Gasteiger partial charge in [-0.1, -0.05) is 89.7 Å². The molecule has 0 saturated heterocycles. The van der Waals surface area contributed by atoms with E-state index in [1.165, 1.54) is 89.9 Å². The molecule has 0 aliphatic heterocycles. The Bertz CT molecular complexity index is 271. The van der Waals surface area contributed by atoms with Crippen molar-refractivity contribution in [1.29, 1.82) is 0 Å². The third kappa shape index (κ3) is 21.2. The largest absolute Gasteiger partial charge is 0.481 e. The van der Waals surface area contributed by atoms with Gasteiger partial charge in [0.1, 0.15) is 0 Å². The van der Waals surface area contributed by atoms with E-state index in [4.69, 9.17) is 5.11 Å². The summed E-state index contributed by atoms with van der Waals surface area (Å²) in [6.45, 7) is 2.27. The van der Waals surface area contributed by atoms with Crippen LogP contribution in [0.1, 0.15) is 116 Å². The summed E-state index contributed by atoms with van der Waals surface area (Å²) < 4.78 is 0. The number of hydrogen-bond donors (Lipinski definition) is 1. The van der Waals surface area contributed by atoms with Gasteiger partial charge in [0.2, 0.25) is 0 Å². The Kier molecular flexibility index (Phi) is 18.6. The molecule has 0 atom stereocenters. The molecule has 0 spiro atoms. The molecular formula is C21H40O2. The van der Waals surface area contributed by atoms with Crippen molar-refractivity contribution in [2.24, 2.45) is 0 Å². The van der Waals surface area contributed by atoms with E-state index in [2.05, 4.69) is 19.1 Å². The molecule has 136 valence electrons. The smallest absolute Gasteiger partial charge is 0.303 e. The SMILES string of the molecule is CCCCCCCCC/C=C\CCCCCCCCCC(=O)O. The fourth-order valence-electron chi connectivity index (χ4n) is 2.88. The molecule has 0 fully saturated rings. The molecule has 0 amide bonds. The second-order valence-corrected chi connectivity index (χ2v) is 6.79. The van der Waals surface area contributed by atoms with Crippen LogP contribution in [0.2, 0.25) is 0 Å². The van der Waals surface area contributed by atoms with Crippen molar-refractivity contribution in [2.45, 2.75) is 116 Å². The maximum absolute atomic E-state index is 10.4. The van der Waals surface area contributed by atoms with Crippen LogP contribution in [0.3, 0.4) is 0 Å². The maximum atomic E-state index is 10.4. The van der Waals surface area contributed by atoms with Gasteiger partial charge >= 0.3 is 5.97 Å². The summed E-state index contributed by atoms with van der Waals surface area (Å²) in [5, 5.41) is 8.54. The number of carboxylic acids is 1. The zero-order valence-electron chi connectivity index (χ0n) is 15.5. The van der Waals surface area contributed by atoms with Gasteiger partial charge < -0.3 is 5.11 Å². The predicted molar refractivity (Wildman–Crippen MR) is 101 cm³/mol. The van der Waals surface area contributed by atoms with E-state index in [1.807, 2.05) is 0 Å². The lowest BCUT2D eigenvalue weighted by Crippen LogP contribution is -1.93. The highest BCUT2D eigenvalue weighted by Crippen LogP contribution is 2.11. The Balaban J connectivity index is 3.07. The van der Waals surface area contributed by atoms with Crippen molar-refractivity contribution in [3.8, 4) is 0 Å². The summed E-state index contributed by atoms with van der Waals surface area (Å²) in [5.74, 6) is -0.659. The minimum Gasteiger partial charge on any atom is -0.481 e. The van der Waals surface area contributed by atoms with Gasteiger partial charge in [-0.2, -0.15) is 0 Å². The molecule has 0 radical (unpaired) electrons. The van der Waals surface area contributed by atoms with E-state index in [0.29, 0.717) is 6.42 Å². The number of rotatable bonds is 18. The molecule has 0 unspecified atom stereocenters. The summed E-state index contributed by atoms with van der Waals surface area (Å²) in [5.41, 5.74) is 0. The van der Waals surface area contributed by atoms with Gasteiger partial charge in [-0.25, -0.2) is 0 Å². The van der Waals surface area contributed by atoms with Gasteiger partial charge in [0.05, 0.1) is 0 Å². The van der Waals surface area contributed by atoms with Crippen LogP contribution < -0.4 is 0 Å². The number of allylic oxidation sites excluding steroid dienone is 2. The average molecular weight is 325 g/mol. The number of carbonyl (C=O) groups is 1. The van der Waals surface area contributed by atoms with Crippen LogP contribution in [0.25, 0.3) is 0 Å².